The van der Waals surface area contributed by atoms with Crippen LogP contribution < -0.4 is 20.5 Å². The number of allylic oxidation sites excluding steroid dienone is 1. The molecule has 3 rings (SSSR count). The van der Waals surface area contributed by atoms with Crippen LogP contribution in [-0.2, 0) is 4.79 Å². The SMILES string of the molecule is COc1ccccc1/C=C/C=N\NC(=O)COc1ccc2c(C)cc(=O)oc2c1. The molecular weight excluding hydrogens is 372 g/mol. The first-order valence-electron chi connectivity index (χ1n) is 8.86. The molecule has 0 unspecified atom stereocenters. The second-order valence-corrected chi connectivity index (χ2v) is 6.11. The zero-order valence-electron chi connectivity index (χ0n) is 16.0. The number of rotatable bonds is 7. The Kier molecular flexibility index (Phi) is 6.42. The number of amides is 1. The van der Waals surface area contributed by atoms with Crippen molar-refractivity contribution < 1.29 is 18.7 Å². The molecule has 1 amide bonds. The number of methoxy groups -OCH3 is 1. The number of carbonyl (C=O) groups excluding carboxylic acids is 1. The minimum Gasteiger partial charge on any atom is -0.496 e. The van der Waals surface area contributed by atoms with Crippen LogP contribution in [-0.4, -0.2) is 25.8 Å². The molecule has 0 aliphatic carbocycles. The summed E-state index contributed by atoms with van der Waals surface area (Å²) in [5, 5.41) is 4.65. The summed E-state index contributed by atoms with van der Waals surface area (Å²) in [7, 11) is 1.60. The first kappa shape index (κ1) is 19.9. The van der Waals surface area contributed by atoms with Crippen molar-refractivity contribution in [2.45, 2.75) is 6.92 Å². The van der Waals surface area contributed by atoms with Gasteiger partial charge in [-0.05, 0) is 42.8 Å². The van der Waals surface area contributed by atoms with Gasteiger partial charge < -0.3 is 13.9 Å². The number of aryl methyl sites for hydroxylation is 1. The van der Waals surface area contributed by atoms with Crippen molar-refractivity contribution in [1.82, 2.24) is 5.43 Å². The maximum atomic E-state index is 11.9. The standard InChI is InChI=1S/C22H20N2O5/c1-15-12-22(26)29-20-13-17(9-10-18(15)20)28-14-21(25)24-23-11-5-7-16-6-3-4-8-19(16)27-2/h3-13H,14H2,1-2H3,(H,24,25)/b7-5+,23-11-. The zero-order chi connectivity index (χ0) is 20.6. The van der Waals surface area contributed by atoms with Gasteiger partial charge in [-0.3, -0.25) is 4.79 Å². The average molecular weight is 392 g/mol. The number of benzene rings is 2. The van der Waals surface area contributed by atoms with Crippen molar-refractivity contribution in [2.75, 3.05) is 13.7 Å². The summed E-state index contributed by atoms with van der Waals surface area (Å²) >= 11 is 0. The van der Waals surface area contributed by atoms with Gasteiger partial charge in [-0.25, -0.2) is 10.2 Å². The number of nitrogens with one attached hydrogen (secondary N) is 1. The minimum atomic E-state index is -0.430. The van der Waals surface area contributed by atoms with Crippen LogP contribution in [0, 0.1) is 6.92 Å². The Labute approximate surface area is 167 Å². The van der Waals surface area contributed by atoms with Crippen molar-refractivity contribution in [3.63, 3.8) is 0 Å². The lowest BCUT2D eigenvalue weighted by Gasteiger charge is -2.06. The summed E-state index contributed by atoms with van der Waals surface area (Å²) in [6.07, 6.45) is 4.96. The van der Waals surface area contributed by atoms with E-state index >= 15 is 0 Å². The summed E-state index contributed by atoms with van der Waals surface area (Å²) < 4.78 is 15.8. The summed E-state index contributed by atoms with van der Waals surface area (Å²) in [5.41, 5.74) is 4.07. The normalized spacial score (nSPS) is 11.2. The van der Waals surface area contributed by atoms with Crippen LogP contribution in [0.5, 0.6) is 11.5 Å². The van der Waals surface area contributed by atoms with Crippen LogP contribution in [0.4, 0.5) is 0 Å². The maximum absolute atomic E-state index is 11.9. The van der Waals surface area contributed by atoms with Crippen LogP contribution in [0.15, 0.2) is 68.9 Å². The summed E-state index contributed by atoms with van der Waals surface area (Å²) in [6.45, 7) is 1.60. The molecule has 3 aromatic rings. The van der Waals surface area contributed by atoms with Crippen molar-refractivity contribution in [3.05, 3.63) is 76.2 Å². The van der Waals surface area contributed by atoms with Gasteiger partial charge in [0, 0.05) is 29.3 Å². The molecule has 0 fully saturated rings. The fraction of sp³-hybridized carbons (Fsp3) is 0.136. The van der Waals surface area contributed by atoms with Crippen molar-refractivity contribution in [3.8, 4) is 11.5 Å². The predicted molar refractivity (Wildman–Crippen MR) is 111 cm³/mol. The molecule has 7 heteroatoms. The quantitative estimate of drug-likeness (QED) is 0.378. The number of hydrogen-bond acceptors (Lipinski definition) is 6. The molecule has 148 valence electrons. The van der Waals surface area contributed by atoms with Crippen molar-refractivity contribution >= 4 is 29.2 Å². The Morgan fingerprint density at radius 2 is 2.03 bits per heavy atom. The number of hydrazone groups is 1. The van der Waals surface area contributed by atoms with Gasteiger partial charge >= 0.3 is 5.63 Å². The van der Waals surface area contributed by atoms with Crippen LogP contribution in [0.1, 0.15) is 11.1 Å². The van der Waals surface area contributed by atoms with Crippen molar-refractivity contribution in [2.24, 2.45) is 5.10 Å². The van der Waals surface area contributed by atoms with Gasteiger partial charge in [0.2, 0.25) is 0 Å². The molecule has 7 nitrogen and oxygen atoms in total. The highest BCUT2D eigenvalue weighted by Crippen LogP contribution is 2.22. The van der Waals surface area contributed by atoms with E-state index < -0.39 is 11.5 Å². The fourth-order valence-electron chi connectivity index (χ4n) is 2.68. The predicted octanol–water partition coefficient (Wildman–Crippen LogP) is 3.30. The van der Waals surface area contributed by atoms with Gasteiger partial charge in [0.05, 0.1) is 7.11 Å². The van der Waals surface area contributed by atoms with Crippen LogP contribution in [0.3, 0.4) is 0 Å². The smallest absolute Gasteiger partial charge is 0.336 e. The fourth-order valence-corrected chi connectivity index (χ4v) is 2.68. The highest BCUT2D eigenvalue weighted by Gasteiger charge is 2.06. The third kappa shape index (κ3) is 5.32. The first-order chi connectivity index (χ1) is 14.1. The van der Waals surface area contributed by atoms with E-state index in [0.29, 0.717) is 11.3 Å². The maximum Gasteiger partial charge on any atom is 0.336 e. The molecule has 0 spiro atoms. The Morgan fingerprint density at radius 1 is 1.21 bits per heavy atom. The van der Waals surface area contributed by atoms with Gasteiger partial charge in [-0.15, -0.1) is 0 Å². The van der Waals surface area contributed by atoms with E-state index in [1.165, 1.54) is 12.3 Å². The van der Waals surface area contributed by atoms with Crippen LogP contribution >= 0.6 is 0 Å². The van der Waals surface area contributed by atoms with E-state index in [1.807, 2.05) is 37.3 Å². The largest absolute Gasteiger partial charge is 0.496 e. The summed E-state index contributed by atoms with van der Waals surface area (Å²) in [4.78, 5) is 23.3. The third-order valence-corrected chi connectivity index (χ3v) is 4.06. The van der Waals surface area contributed by atoms with Crippen LogP contribution in [0.2, 0.25) is 0 Å². The van der Waals surface area contributed by atoms with Gasteiger partial charge in [0.25, 0.3) is 5.91 Å². The van der Waals surface area contributed by atoms with Crippen molar-refractivity contribution in [1.29, 1.82) is 0 Å². The lowest BCUT2D eigenvalue weighted by Crippen LogP contribution is -2.24. The molecule has 1 heterocycles. The molecule has 1 N–H and O–H groups in total. The minimum absolute atomic E-state index is 0.227. The molecular formula is C22H20N2O5. The number of para-hydroxylation sites is 1. The van der Waals surface area contributed by atoms with E-state index in [-0.39, 0.29) is 6.61 Å². The highest BCUT2D eigenvalue weighted by molar-refractivity contribution is 5.83. The Morgan fingerprint density at radius 3 is 2.86 bits per heavy atom. The number of hydrogen-bond donors (Lipinski definition) is 1. The van der Waals surface area contributed by atoms with Gasteiger partial charge in [-0.1, -0.05) is 18.2 Å². The number of ether oxygens (including phenoxy) is 2. The Hall–Kier alpha value is -3.87. The Bertz CT molecular complexity index is 1130. The van der Waals surface area contributed by atoms with E-state index in [4.69, 9.17) is 13.9 Å². The number of fused-ring (bicyclic) bond motifs is 1. The van der Waals surface area contributed by atoms with Crippen LogP contribution in [0.25, 0.3) is 17.0 Å². The molecule has 0 saturated carbocycles. The number of carbonyl (C=O) groups is 1. The lowest BCUT2D eigenvalue weighted by atomic mass is 10.1. The molecule has 0 aliphatic rings. The molecule has 0 atom stereocenters. The van der Waals surface area contributed by atoms with Gasteiger partial charge in [0.15, 0.2) is 6.61 Å². The molecule has 0 bridgehead atoms. The second-order valence-electron chi connectivity index (χ2n) is 6.11. The monoisotopic (exact) mass is 392 g/mol. The molecule has 1 aromatic heterocycles. The van der Waals surface area contributed by atoms with E-state index in [0.717, 1.165) is 22.3 Å². The second kappa shape index (κ2) is 9.36. The Balaban J connectivity index is 1.52. The zero-order valence-corrected chi connectivity index (χ0v) is 16.0. The molecule has 0 saturated heterocycles. The molecule has 0 radical (unpaired) electrons. The van der Waals surface area contributed by atoms with E-state index in [9.17, 15) is 9.59 Å². The summed E-state index contributed by atoms with van der Waals surface area (Å²) in [6, 6.07) is 14.0. The number of nitrogens with zero attached hydrogens (tertiary/aromatic N) is 1. The molecule has 2 aromatic carbocycles. The highest BCUT2D eigenvalue weighted by atomic mass is 16.5. The topological polar surface area (TPSA) is 90.1 Å². The summed E-state index contributed by atoms with van der Waals surface area (Å²) in [5.74, 6) is 0.746. The molecule has 29 heavy (non-hydrogen) atoms. The third-order valence-electron chi connectivity index (χ3n) is 4.06. The van der Waals surface area contributed by atoms with Gasteiger partial charge in [0.1, 0.15) is 17.1 Å². The lowest BCUT2D eigenvalue weighted by molar-refractivity contribution is -0.123. The average Bonchev–Trinajstić information content (AvgIpc) is 2.72. The first-order valence-corrected chi connectivity index (χ1v) is 8.86. The van der Waals surface area contributed by atoms with E-state index in [2.05, 4.69) is 10.5 Å². The van der Waals surface area contributed by atoms with Gasteiger partial charge in [-0.2, -0.15) is 5.10 Å². The van der Waals surface area contributed by atoms with E-state index in [1.54, 1.807) is 31.4 Å². The molecule has 0 aliphatic heterocycles.